The molecule has 0 atom stereocenters. The predicted octanol–water partition coefficient (Wildman–Crippen LogP) is 2.38. The van der Waals surface area contributed by atoms with Gasteiger partial charge in [0.15, 0.2) is 0 Å². The van der Waals surface area contributed by atoms with E-state index in [-0.39, 0.29) is 42.6 Å². The molecule has 0 fully saturated rings. The Labute approximate surface area is 121 Å². The largest absolute Gasteiger partial charge is 0.478 e. The van der Waals surface area contributed by atoms with Crippen molar-refractivity contribution >= 4 is 5.97 Å². The average Bonchev–Trinajstić information content (AvgIpc) is 2.48. The van der Waals surface area contributed by atoms with E-state index in [4.69, 9.17) is 34.4 Å². The van der Waals surface area contributed by atoms with E-state index in [0.717, 1.165) is 0 Å². The van der Waals surface area contributed by atoms with Crippen molar-refractivity contribution in [2.45, 2.75) is 20.8 Å². The highest BCUT2D eigenvalue weighted by atomic mass is 17.2. The van der Waals surface area contributed by atoms with Gasteiger partial charge in [0.05, 0.1) is 25.4 Å². The molecule has 8 heteroatoms. The first kappa shape index (κ1) is 17.0. The first-order valence-corrected chi connectivity index (χ1v) is 6.43. The van der Waals surface area contributed by atoms with Gasteiger partial charge < -0.3 is 19.8 Å². The molecule has 0 bridgehead atoms. The van der Waals surface area contributed by atoms with Crippen molar-refractivity contribution < 1.29 is 39.2 Å². The van der Waals surface area contributed by atoms with Crippen LogP contribution in [0.4, 0.5) is 0 Å². The van der Waals surface area contributed by atoms with E-state index in [1.54, 1.807) is 20.8 Å². The van der Waals surface area contributed by atoms with Crippen LogP contribution in [0.15, 0.2) is 12.1 Å². The molecule has 0 aliphatic rings. The van der Waals surface area contributed by atoms with Crippen molar-refractivity contribution in [3.8, 4) is 17.2 Å². The van der Waals surface area contributed by atoms with Gasteiger partial charge in [-0.15, -0.1) is 0 Å². The summed E-state index contributed by atoms with van der Waals surface area (Å²) in [5, 5.41) is 9.09. The van der Waals surface area contributed by atoms with E-state index < -0.39 is 5.97 Å². The summed E-state index contributed by atoms with van der Waals surface area (Å²) in [6.07, 6.45) is 0. The van der Waals surface area contributed by atoms with Gasteiger partial charge >= 0.3 is 5.97 Å². The number of carbonyl (C=O) groups is 1. The second-order valence-electron chi connectivity index (χ2n) is 3.58. The zero-order chi connectivity index (χ0) is 15.7. The summed E-state index contributed by atoms with van der Waals surface area (Å²) in [7, 11) is 0. The van der Waals surface area contributed by atoms with E-state index in [0.29, 0.717) is 0 Å². The Hall–Kier alpha value is -2.03. The topological polar surface area (TPSA) is 92.7 Å². The van der Waals surface area contributed by atoms with Gasteiger partial charge in [0.25, 0.3) is 5.75 Å². The Kier molecular flexibility index (Phi) is 7.30. The molecule has 8 nitrogen and oxygen atoms in total. The molecule has 0 saturated carbocycles. The molecule has 1 aromatic carbocycles. The first-order chi connectivity index (χ1) is 10.1. The van der Waals surface area contributed by atoms with Crippen LogP contribution in [0.2, 0.25) is 0 Å². The van der Waals surface area contributed by atoms with Crippen LogP contribution in [0.25, 0.3) is 0 Å². The number of aromatic carboxylic acids is 1. The third-order valence-corrected chi connectivity index (χ3v) is 2.06. The molecule has 0 saturated heterocycles. The van der Waals surface area contributed by atoms with Crippen molar-refractivity contribution in [3.05, 3.63) is 17.7 Å². The molecule has 0 spiro atoms. The van der Waals surface area contributed by atoms with Gasteiger partial charge in [-0.1, -0.05) is 0 Å². The van der Waals surface area contributed by atoms with Gasteiger partial charge in [-0.2, -0.15) is 14.7 Å². The Morgan fingerprint density at radius 2 is 1.33 bits per heavy atom. The normalized spacial score (nSPS) is 10.2. The maximum Gasteiger partial charge on any atom is 0.335 e. The molecule has 1 N–H and O–H groups in total. The minimum Gasteiger partial charge on any atom is -0.478 e. The Balaban J connectivity index is 3.18. The SMILES string of the molecule is CCOOc1cc(C(=O)O)cc(OOCC)c1OOCC. The summed E-state index contributed by atoms with van der Waals surface area (Å²) in [6, 6.07) is 2.45. The van der Waals surface area contributed by atoms with Gasteiger partial charge in [0.2, 0.25) is 11.5 Å². The summed E-state index contributed by atoms with van der Waals surface area (Å²) in [4.78, 5) is 40.6. The Bertz CT molecular complexity index is 430. The van der Waals surface area contributed by atoms with Crippen molar-refractivity contribution in [2.24, 2.45) is 0 Å². The van der Waals surface area contributed by atoms with Crippen LogP contribution in [-0.4, -0.2) is 30.9 Å². The molecule has 0 amide bonds. The highest BCUT2D eigenvalue weighted by Gasteiger charge is 2.21. The highest BCUT2D eigenvalue weighted by molar-refractivity contribution is 5.89. The fourth-order valence-corrected chi connectivity index (χ4v) is 1.27. The fraction of sp³-hybridized carbons (Fsp3) is 0.462. The van der Waals surface area contributed by atoms with Crippen LogP contribution in [0.1, 0.15) is 31.1 Å². The Morgan fingerprint density at radius 1 is 0.905 bits per heavy atom. The third kappa shape index (κ3) is 5.10. The summed E-state index contributed by atoms with van der Waals surface area (Å²) < 4.78 is 0. The summed E-state index contributed by atoms with van der Waals surface area (Å²) in [5.74, 6) is -1.15. The van der Waals surface area contributed by atoms with Crippen LogP contribution in [0, 0.1) is 0 Å². The van der Waals surface area contributed by atoms with E-state index in [1.165, 1.54) is 12.1 Å². The molecular weight excluding hydrogens is 284 g/mol. The van der Waals surface area contributed by atoms with Crippen LogP contribution >= 0.6 is 0 Å². The monoisotopic (exact) mass is 302 g/mol. The molecule has 1 aromatic rings. The van der Waals surface area contributed by atoms with Crippen LogP contribution < -0.4 is 14.7 Å². The van der Waals surface area contributed by atoms with Crippen LogP contribution in [-0.2, 0) is 14.7 Å². The molecule has 21 heavy (non-hydrogen) atoms. The molecule has 118 valence electrons. The Morgan fingerprint density at radius 3 is 1.71 bits per heavy atom. The van der Waals surface area contributed by atoms with Crippen molar-refractivity contribution in [2.75, 3.05) is 19.8 Å². The number of benzene rings is 1. The molecule has 0 heterocycles. The molecular formula is C13H18O8. The highest BCUT2D eigenvalue weighted by Crippen LogP contribution is 2.39. The maximum atomic E-state index is 11.1. The molecule has 0 unspecified atom stereocenters. The lowest BCUT2D eigenvalue weighted by Gasteiger charge is -2.13. The number of hydrogen-bond donors (Lipinski definition) is 1. The molecule has 1 rings (SSSR count). The predicted molar refractivity (Wildman–Crippen MR) is 70.2 cm³/mol. The lowest BCUT2D eigenvalue weighted by atomic mass is 10.2. The quantitative estimate of drug-likeness (QED) is 0.520. The summed E-state index contributed by atoms with van der Waals surface area (Å²) in [6.45, 7) is 5.92. The van der Waals surface area contributed by atoms with Crippen molar-refractivity contribution in [1.82, 2.24) is 0 Å². The second-order valence-corrected chi connectivity index (χ2v) is 3.58. The molecule has 0 radical (unpaired) electrons. The summed E-state index contributed by atoms with van der Waals surface area (Å²) >= 11 is 0. The average molecular weight is 302 g/mol. The molecule has 0 aliphatic carbocycles. The van der Waals surface area contributed by atoms with Crippen molar-refractivity contribution in [1.29, 1.82) is 0 Å². The number of rotatable bonds is 10. The van der Waals surface area contributed by atoms with E-state index in [2.05, 4.69) is 0 Å². The lowest BCUT2D eigenvalue weighted by Crippen LogP contribution is -2.07. The smallest absolute Gasteiger partial charge is 0.335 e. The number of carboxylic acid groups (broad SMARTS) is 1. The molecule has 0 aromatic heterocycles. The van der Waals surface area contributed by atoms with E-state index in [9.17, 15) is 4.79 Å². The zero-order valence-electron chi connectivity index (χ0n) is 12.1. The van der Waals surface area contributed by atoms with Gasteiger partial charge in [-0.25, -0.2) is 4.79 Å². The van der Waals surface area contributed by atoms with Gasteiger partial charge in [-0.05, 0) is 20.8 Å². The van der Waals surface area contributed by atoms with Gasteiger partial charge in [0, 0.05) is 12.1 Å². The summed E-state index contributed by atoms with van der Waals surface area (Å²) in [5.41, 5.74) is -0.0803. The third-order valence-electron chi connectivity index (χ3n) is 2.06. The second kappa shape index (κ2) is 9.01. The van der Waals surface area contributed by atoms with Gasteiger partial charge in [-0.3, -0.25) is 0 Å². The molecule has 0 aliphatic heterocycles. The number of hydrogen-bond acceptors (Lipinski definition) is 7. The number of carboxylic acids is 1. The zero-order valence-corrected chi connectivity index (χ0v) is 12.1. The minimum atomic E-state index is -1.17. The van der Waals surface area contributed by atoms with E-state index in [1.807, 2.05) is 0 Å². The first-order valence-electron chi connectivity index (χ1n) is 6.43. The standard InChI is InChI=1S/C13H18O8/c1-4-16-19-10-7-9(13(14)15)8-11(20-17-5-2)12(10)21-18-6-3/h7-8H,4-6H2,1-3H3,(H,14,15). The van der Waals surface area contributed by atoms with E-state index >= 15 is 0 Å². The van der Waals surface area contributed by atoms with Crippen LogP contribution in [0.3, 0.4) is 0 Å². The van der Waals surface area contributed by atoms with Crippen molar-refractivity contribution in [3.63, 3.8) is 0 Å². The fourth-order valence-electron chi connectivity index (χ4n) is 1.27. The lowest BCUT2D eigenvalue weighted by molar-refractivity contribution is -0.235. The minimum absolute atomic E-state index is 0.0000898. The maximum absolute atomic E-state index is 11.1. The van der Waals surface area contributed by atoms with Crippen LogP contribution in [0.5, 0.6) is 17.2 Å². The van der Waals surface area contributed by atoms with Gasteiger partial charge in [0.1, 0.15) is 0 Å².